The Morgan fingerprint density at radius 3 is 2.24 bits per heavy atom. The van der Waals surface area contributed by atoms with E-state index in [2.05, 4.69) is 10.6 Å². The standard InChI is InChI=1S/C30H31N3O5/c34-26(18-21-8-3-1-4-9-21)32-24-15-13-23(14-16-24)28-27(29(35)31-19-25-12-7-17-37-25)33(30(36)38-28)20-22-10-5-2-6-11-22/h1-6,8-11,13-16,25,27-28H,7,12,17-20H2,(H,31,35)(H,32,34)/t25-,27+,28+/m1/s1. The number of hydrogen-bond donors (Lipinski definition) is 2. The van der Waals surface area contributed by atoms with Gasteiger partial charge in [-0.25, -0.2) is 4.79 Å². The molecule has 2 aliphatic rings. The van der Waals surface area contributed by atoms with Crippen LogP contribution in [0, 0.1) is 0 Å². The number of hydrogen-bond acceptors (Lipinski definition) is 5. The van der Waals surface area contributed by atoms with Crippen molar-refractivity contribution in [2.24, 2.45) is 0 Å². The number of carbonyl (C=O) groups is 3. The summed E-state index contributed by atoms with van der Waals surface area (Å²) in [6.45, 7) is 1.34. The lowest BCUT2D eigenvalue weighted by Crippen LogP contribution is -2.47. The summed E-state index contributed by atoms with van der Waals surface area (Å²) in [6, 6.07) is 25.3. The minimum Gasteiger partial charge on any atom is -0.438 e. The lowest BCUT2D eigenvalue weighted by atomic mass is 10.00. The monoisotopic (exact) mass is 513 g/mol. The van der Waals surface area contributed by atoms with Gasteiger partial charge in [0.2, 0.25) is 11.8 Å². The van der Waals surface area contributed by atoms with E-state index in [-0.39, 0.29) is 30.9 Å². The summed E-state index contributed by atoms with van der Waals surface area (Å²) in [5, 5.41) is 5.86. The van der Waals surface area contributed by atoms with Crippen LogP contribution >= 0.6 is 0 Å². The Labute approximate surface area is 221 Å². The highest BCUT2D eigenvalue weighted by molar-refractivity contribution is 5.92. The van der Waals surface area contributed by atoms with Crippen LogP contribution in [0.25, 0.3) is 0 Å². The fourth-order valence-electron chi connectivity index (χ4n) is 4.86. The van der Waals surface area contributed by atoms with Crippen LogP contribution < -0.4 is 10.6 Å². The molecule has 196 valence electrons. The Morgan fingerprint density at radius 2 is 1.58 bits per heavy atom. The number of nitrogens with zero attached hydrogens (tertiary/aromatic N) is 1. The molecular weight excluding hydrogens is 482 g/mol. The molecule has 3 amide bonds. The molecule has 5 rings (SSSR count). The van der Waals surface area contributed by atoms with Crippen LogP contribution in [0.3, 0.4) is 0 Å². The Bertz CT molecular complexity index is 1240. The van der Waals surface area contributed by atoms with E-state index < -0.39 is 18.2 Å². The van der Waals surface area contributed by atoms with Crippen molar-refractivity contribution < 1.29 is 23.9 Å². The minimum absolute atomic E-state index is 0.0169. The van der Waals surface area contributed by atoms with E-state index in [4.69, 9.17) is 9.47 Å². The Balaban J connectivity index is 1.30. The first-order valence-electron chi connectivity index (χ1n) is 12.9. The van der Waals surface area contributed by atoms with Crippen LogP contribution in [0.1, 0.15) is 35.6 Å². The van der Waals surface area contributed by atoms with Gasteiger partial charge in [-0.15, -0.1) is 0 Å². The molecule has 0 bridgehead atoms. The molecule has 0 aromatic heterocycles. The molecule has 2 N–H and O–H groups in total. The fraction of sp³-hybridized carbons (Fsp3) is 0.300. The quantitative estimate of drug-likeness (QED) is 0.447. The number of rotatable bonds is 9. The summed E-state index contributed by atoms with van der Waals surface area (Å²) in [7, 11) is 0. The van der Waals surface area contributed by atoms with Gasteiger partial charge >= 0.3 is 6.09 Å². The molecule has 0 radical (unpaired) electrons. The summed E-state index contributed by atoms with van der Waals surface area (Å²) in [5.41, 5.74) is 3.13. The van der Waals surface area contributed by atoms with Gasteiger partial charge in [-0.2, -0.15) is 0 Å². The smallest absolute Gasteiger partial charge is 0.411 e. The van der Waals surface area contributed by atoms with Crippen molar-refractivity contribution in [1.29, 1.82) is 0 Å². The fourth-order valence-corrected chi connectivity index (χ4v) is 4.86. The molecule has 38 heavy (non-hydrogen) atoms. The van der Waals surface area contributed by atoms with Crippen molar-refractivity contribution in [3.05, 3.63) is 102 Å². The third-order valence-electron chi connectivity index (χ3n) is 6.81. The minimum atomic E-state index is -0.845. The number of amides is 3. The average Bonchev–Trinajstić information content (AvgIpc) is 3.57. The third kappa shape index (κ3) is 6.20. The average molecular weight is 514 g/mol. The summed E-state index contributed by atoms with van der Waals surface area (Å²) in [5.74, 6) is -0.413. The molecule has 8 nitrogen and oxygen atoms in total. The molecule has 0 unspecified atom stereocenters. The highest BCUT2D eigenvalue weighted by Crippen LogP contribution is 2.34. The van der Waals surface area contributed by atoms with Crippen molar-refractivity contribution in [2.45, 2.75) is 44.1 Å². The van der Waals surface area contributed by atoms with Gasteiger partial charge in [0.1, 0.15) is 0 Å². The van der Waals surface area contributed by atoms with Crippen LogP contribution in [0.5, 0.6) is 0 Å². The van der Waals surface area contributed by atoms with Crippen molar-refractivity contribution in [2.75, 3.05) is 18.5 Å². The molecule has 3 atom stereocenters. The first-order chi connectivity index (χ1) is 18.6. The number of anilines is 1. The molecule has 3 aromatic rings. The maximum atomic E-state index is 13.4. The molecule has 2 saturated heterocycles. The lowest BCUT2D eigenvalue weighted by Gasteiger charge is -2.25. The Morgan fingerprint density at radius 1 is 0.895 bits per heavy atom. The molecule has 2 heterocycles. The number of cyclic esters (lactones) is 1. The van der Waals surface area contributed by atoms with E-state index in [1.807, 2.05) is 60.7 Å². The first kappa shape index (κ1) is 25.5. The van der Waals surface area contributed by atoms with E-state index in [1.165, 1.54) is 4.90 Å². The first-order valence-corrected chi connectivity index (χ1v) is 12.9. The van der Waals surface area contributed by atoms with E-state index in [0.29, 0.717) is 24.4 Å². The molecule has 8 heteroatoms. The second kappa shape index (κ2) is 11.9. The summed E-state index contributed by atoms with van der Waals surface area (Å²) in [4.78, 5) is 40.3. The van der Waals surface area contributed by atoms with E-state index in [0.717, 1.165) is 24.0 Å². The van der Waals surface area contributed by atoms with Crippen LogP contribution in [-0.2, 0) is 32.0 Å². The molecule has 3 aromatic carbocycles. The normalized spacial score (nSPS) is 20.7. The van der Waals surface area contributed by atoms with Gasteiger partial charge in [0.25, 0.3) is 0 Å². The van der Waals surface area contributed by atoms with Crippen LogP contribution in [0.4, 0.5) is 10.5 Å². The molecule has 2 fully saturated rings. The summed E-state index contributed by atoms with van der Waals surface area (Å²) in [6.07, 6.45) is 0.791. The van der Waals surface area contributed by atoms with Crippen LogP contribution in [0.2, 0.25) is 0 Å². The lowest BCUT2D eigenvalue weighted by molar-refractivity contribution is -0.126. The molecule has 0 aliphatic carbocycles. The molecule has 0 spiro atoms. The zero-order valence-corrected chi connectivity index (χ0v) is 21.0. The SMILES string of the molecule is O=C(Cc1ccccc1)Nc1ccc([C@@H]2OC(=O)N(Cc3ccccc3)[C@@H]2C(=O)NC[C@H]2CCCO2)cc1. The second-order valence-electron chi connectivity index (χ2n) is 9.58. The largest absolute Gasteiger partial charge is 0.438 e. The van der Waals surface area contributed by atoms with Gasteiger partial charge in [0, 0.05) is 18.8 Å². The van der Waals surface area contributed by atoms with Gasteiger partial charge in [-0.3, -0.25) is 14.5 Å². The van der Waals surface area contributed by atoms with Crippen LogP contribution in [0.15, 0.2) is 84.9 Å². The van der Waals surface area contributed by atoms with Gasteiger partial charge in [-0.05, 0) is 41.7 Å². The van der Waals surface area contributed by atoms with Gasteiger partial charge in [0.05, 0.1) is 19.1 Å². The van der Waals surface area contributed by atoms with Gasteiger partial charge in [-0.1, -0.05) is 72.8 Å². The Kier molecular flexibility index (Phi) is 7.99. The zero-order chi connectivity index (χ0) is 26.3. The number of nitrogens with one attached hydrogen (secondary N) is 2. The summed E-state index contributed by atoms with van der Waals surface area (Å²) < 4.78 is 11.4. The molecular formula is C30H31N3O5. The van der Waals surface area contributed by atoms with Gasteiger partial charge < -0.3 is 20.1 Å². The Hall–Kier alpha value is -4.17. The molecule has 0 saturated carbocycles. The number of carbonyl (C=O) groups excluding carboxylic acids is 3. The third-order valence-corrected chi connectivity index (χ3v) is 6.81. The maximum absolute atomic E-state index is 13.4. The predicted octanol–water partition coefficient (Wildman–Crippen LogP) is 4.23. The topological polar surface area (TPSA) is 97.0 Å². The van der Waals surface area contributed by atoms with Crippen molar-refractivity contribution in [1.82, 2.24) is 10.2 Å². The van der Waals surface area contributed by atoms with Crippen molar-refractivity contribution in [3.63, 3.8) is 0 Å². The van der Waals surface area contributed by atoms with Gasteiger partial charge in [0.15, 0.2) is 12.1 Å². The van der Waals surface area contributed by atoms with Crippen LogP contribution in [-0.4, -0.2) is 48.1 Å². The number of ether oxygens (including phenoxy) is 2. The van der Waals surface area contributed by atoms with E-state index in [9.17, 15) is 14.4 Å². The maximum Gasteiger partial charge on any atom is 0.411 e. The predicted molar refractivity (Wildman–Crippen MR) is 142 cm³/mol. The summed E-state index contributed by atoms with van der Waals surface area (Å²) >= 11 is 0. The zero-order valence-electron chi connectivity index (χ0n) is 21.0. The van der Waals surface area contributed by atoms with Crippen molar-refractivity contribution >= 4 is 23.6 Å². The van der Waals surface area contributed by atoms with Crippen molar-refractivity contribution in [3.8, 4) is 0 Å². The van der Waals surface area contributed by atoms with E-state index >= 15 is 0 Å². The second-order valence-corrected chi connectivity index (χ2v) is 9.58. The van der Waals surface area contributed by atoms with E-state index in [1.54, 1.807) is 24.3 Å². The highest BCUT2D eigenvalue weighted by Gasteiger charge is 2.47. The number of benzene rings is 3. The highest BCUT2D eigenvalue weighted by atomic mass is 16.6. The molecule has 2 aliphatic heterocycles.